The topological polar surface area (TPSA) is 73.6 Å². The van der Waals surface area contributed by atoms with Gasteiger partial charge >= 0.3 is 5.97 Å². The molecule has 0 aliphatic heterocycles. The Morgan fingerprint density at radius 3 is 2.46 bits per heavy atom. The molecule has 0 saturated heterocycles. The van der Waals surface area contributed by atoms with Gasteiger partial charge in [-0.3, -0.25) is 4.68 Å². The molecule has 1 unspecified atom stereocenters. The molecule has 1 aromatic carbocycles. The Labute approximate surface area is 154 Å². The van der Waals surface area contributed by atoms with Crippen LogP contribution in [0.1, 0.15) is 50.8 Å². The smallest absolute Gasteiger partial charge is 0.339 e. The molecule has 0 aliphatic carbocycles. The first kappa shape index (κ1) is 20.0. The van der Waals surface area contributed by atoms with Crippen molar-refractivity contribution in [1.82, 2.24) is 9.78 Å². The molecule has 6 nitrogen and oxygen atoms in total. The van der Waals surface area contributed by atoms with E-state index in [9.17, 15) is 9.90 Å². The lowest BCUT2D eigenvalue weighted by Crippen LogP contribution is -2.29. The monoisotopic (exact) mass is 360 g/mol. The Morgan fingerprint density at radius 2 is 1.96 bits per heavy atom. The first-order chi connectivity index (χ1) is 12.0. The van der Waals surface area contributed by atoms with Gasteiger partial charge in [-0.25, -0.2) is 4.79 Å². The van der Waals surface area contributed by atoms with Crippen molar-refractivity contribution in [2.75, 3.05) is 6.61 Å². The summed E-state index contributed by atoms with van der Waals surface area (Å²) in [6.45, 7) is 11.9. The average Bonchev–Trinajstić information content (AvgIpc) is 2.80. The second-order valence-corrected chi connectivity index (χ2v) is 7.33. The molecular weight excluding hydrogens is 332 g/mol. The van der Waals surface area contributed by atoms with E-state index in [0.717, 1.165) is 28.1 Å². The molecular formula is C20H28N2O4. The molecule has 1 heterocycles. The van der Waals surface area contributed by atoms with Gasteiger partial charge in [0.2, 0.25) is 0 Å². The number of ether oxygens (including phenoxy) is 2. The van der Waals surface area contributed by atoms with Crippen LogP contribution < -0.4 is 4.74 Å². The number of aliphatic carboxylic acids is 1. The van der Waals surface area contributed by atoms with Crippen molar-refractivity contribution in [2.45, 2.75) is 53.2 Å². The molecule has 0 bridgehead atoms. The van der Waals surface area contributed by atoms with Crippen LogP contribution in [0.25, 0.3) is 11.1 Å². The van der Waals surface area contributed by atoms with E-state index in [1.165, 1.54) is 0 Å². The van der Waals surface area contributed by atoms with E-state index < -0.39 is 17.7 Å². The number of aromatic nitrogens is 2. The van der Waals surface area contributed by atoms with E-state index in [1.807, 2.05) is 59.7 Å². The van der Waals surface area contributed by atoms with Gasteiger partial charge in [0.25, 0.3) is 0 Å². The minimum atomic E-state index is -1.11. The fourth-order valence-corrected chi connectivity index (χ4v) is 3.03. The van der Waals surface area contributed by atoms with Crippen molar-refractivity contribution < 1.29 is 19.4 Å². The first-order valence-corrected chi connectivity index (χ1v) is 8.73. The van der Waals surface area contributed by atoms with Gasteiger partial charge in [0.15, 0.2) is 6.10 Å². The highest BCUT2D eigenvalue weighted by Gasteiger charge is 2.33. The van der Waals surface area contributed by atoms with E-state index >= 15 is 0 Å². The van der Waals surface area contributed by atoms with Crippen LogP contribution >= 0.6 is 0 Å². The predicted molar refractivity (Wildman–Crippen MR) is 101 cm³/mol. The fourth-order valence-electron chi connectivity index (χ4n) is 3.03. The maximum atomic E-state index is 11.9. The third-order valence-corrected chi connectivity index (χ3v) is 3.97. The molecule has 6 heteroatoms. The minimum Gasteiger partial charge on any atom is -0.494 e. The number of benzene rings is 1. The number of carbonyl (C=O) groups is 1. The largest absolute Gasteiger partial charge is 0.494 e. The Morgan fingerprint density at radius 1 is 1.31 bits per heavy atom. The zero-order chi connectivity index (χ0) is 19.6. The number of aryl methyl sites for hydroxylation is 3. The third-order valence-electron chi connectivity index (χ3n) is 3.97. The first-order valence-electron chi connectivity index (χ1n) is 8.73. The van der Waals surface area contributed by atoms with Gasteiger partial charge in [-0.05, 0) is 64.8 Å². The van der Waals surface area contributed by atoms with Crippen LogP contribution in [0.2, 0.25) is 0 Å². The third kappa shape index (κ3) is 4.25. The van der Waals surface area contributed by atoms with E-state index in [2.05, 4.69) is 5.10 Å². The van der Waals surface area contributed by atoms with E-state index in [4.69, 9.17) is 9.47 Å². The summed E-state index contributed by atoms with van der Waals surface area (Å²) in [6.07, 6.45) is -1.11. The van der Waals surface area contributed by atoms with E-state index in [0.29, 0.717) is 12.3 Å². The number of hydrogen-bond acceptors (Lipinski definition) is 4. The van der Waals surface area contributed by atoms with Crippen LogP contribution in [0.4, 0.5) is 0 Å². The van der Waals surface area contributed by atoms with Crippen molar-refractivity contribution in [3.63, 3.8) is 0 Å². The molecule has 2 rings (SSSR count). The van der Waals surface area contributed by atoms with Crippen LogP contribution in [-0.4, -0.2) is 33.1 Å². The molecule has 26 heavy (non-hydrogen) atoms. The Balaban J connectivity index is 2.60. The van der Waals surface area contributed by atoms with Crippen molar-refractivity contribution in [1.29, 1.82) is 0 Å². The standard InChI is InChI=1S/C20H28N2O4/c1-8-25-15-10-9-14(11-12(15)2)16-13(3)21-22(7)17(16)18(19(23)24)26-20(4,5)6/h9-11,18H,8H2,1-7H3,(H,23,24). The van der Waals surface area contributed by atoms with Gasteiger partial charge < -0.3 is 14.6 Å². The summed E-state index contributed by atoms with van der Waals surface area (Å²) in [7, 11) is 1.75. The molecule has 0 spiro atoms. The molecule has 2 aromatic rings. The number of rotatable bonds is 6. The fraction of sp³-hybridized carbons (Fsp3) is 0.500. The quantitative estimate of drug-likeness (QED) is 0.841. The summed E-state index contributed by atoms with van der Waals surface area (Å²) >= 11 is 0. The molecule has 0 saturated carbocycles. The van der Waals surface area contributed by atoms with Gasteiger partial charge in [-0.1, -0.05) is 6.07 Å². The molecule has 1 aromatic heterocycles. The van der Waals surface area contributed by atoms with Crippen molar-refractivity contribution in [2.24, 2.45) is 7.05 Å². The number of hydrogen-bond donors (Lipinski definition) is 1. The highest BCUT2D eigenvalue weighted by molar-refractivity contribution is 5.80. The van der Waals surface area contributed by atoms with Crippen molar-refractivity contribution >= 4 is 5.97 Å². The van der Waals surface area contributed by atoms with Crippen LogP contribution in [0.3, 0.4) is 0 Å². The predicted octanol–water partition coefficient (Wildman–Crippen LogP) is 4.04. The maximum absolute atomic E-state index is 11.9. The summed E-state index contributed by atoms with van der Waals surface area (Å²) in [6, 6.07) is 5.83. The van der Waals surface area contributed by atoms with Gasteiger partial charge in [0.1, 0.15) is 5.75 Å². The molecule has 0 fully saturated rings. The SMILES string of the molecule is CCOc1ccc(-c2c(C)nn(C)c2C(OC(C)(C)C)C(=O)O)cc1C. The van der Waals surface area contributed by atoms with Crippen molar-refractivity contribution in [3.8, 4) is 16.9 Å². The molecule has 0 amide bonds. The van der Waals surface area contributed by atoms with Gasteiger partial charge in [-0.2, -0.15) is 5.10 Å². The zero-order valence-corrected chi connectivity index (χ0v) is 16.6. The number of carboxylic acid groups (broad SMARTS) is 1. The summed E-state index contributed by atoms with van der Waals surface area (Å²) in [5.41, 5.74) is 3.36. The Kier molecular flexibility index (Phi) is 5.76. The Hall–Kier alpha value is -2.34. The molecule has 1 atom stereocenters. The van der Waals surface area contributed by atoms with E-state index in [-0.39, 0.29) is 0 Å². The minimum absolute atomic E-state index is 0.536. The van der Waals surface area contributed by atoms with Crippen LogP contribution in [0, 0.1) is 13.8 Å². The summed E-state index contributed by atoms with van der Waals surface area (Å²) in [5.74, 6) is -0.216. The van der Waals surface area contributed by atoms with Crippen LogP contribution in [0.15, 0.2) is 18.2 Å². The zero-order valence-electron chi connectivity index (χ0n) is 16.6. The average molecular weight is 360 g/mol. The second kappa shape index (κ2) is 7.50. The van der Waals surface area contributed by atoms with Crippen molar-refractivity contribution in [3.05, 3.63) is 35.2 Å². The molecule has 0 radical (unpaired) electrons. The number of nitrogens with zero attached hydrogens (tertiary/aromatic N) is 2. The molecule has 0 aliphatic rings. The van der Waals surface area contributed by atoms with Crippen LogP contribution in [-0.2, 0) is 16.6 Å². The lowest BCUT2D eigenvalue weighted by atomic mass is 9.98. The Bertz CT molecular complexity index is 803. The lowest BCUT2D eigenvalue weighted by molar-refractivity contribution is -0.161. The highest BCUT2D eigenvalue weighted by Crippen LogP contribution is 2.36. The normalized spacial score (nSPS) is 12.9. The van der Waals surface area contributed by atoms with Gasteiger partial charge in [0.05, 0.1) is 23.6 Å². The summed E-state index contributed by atoms with van der Waals surface area (Å²) in [5, 5.41) is 14.2. The molecule has 1 N–H and O–H groups in total. The molecule has 142 valence electrons. The van der Waals surface area contributed by atoms with Gasteiger partial charge in [-0.15, -0.1) is 0 Å². The summed E-state index contributed by atoms with van der Waals surface area (Å²) in [4.78, 5) is 11.9. The maximum Gasteiger partial charge on any atom is 0.339 e. The van der Waals surface area contributed by atoms with Crippen LogP contribution in [0.5, 0.6) is 5.75 Å². The van der Waals surface area contributed by atoms with Gasteiger partial charge in [0, 0.05) is 12.6 Å². The summed E-state index contributed by atoms with van der Waals surface area (Å²) < 4.78 is 13.1. The highest BCUT2D eigenvalue weighted by atomic mass is 16.5. The number of carboxylic acids is 1. The van der Waals surface area contributed by atoms with E-state index in [1.54, 1.807) is 11.7 Å². The second-order valence-electron chi connectivity index (χ2n) is 7.33. The lowest BCUT2D eigenvalue weighted by Gasteiger charge is -2.26.